The van der Waals surface area contributed by atoms with Crippen LogP contribution in [0.3, 0.4) is 0 Å². The lowest BCUT2D eigenvalue weighted by Crippen LogP contribution is -2.33. The molecular formula is C15H16N2O2S2. The molecule has 2 aromatic rings. The monoisotopic (exact) mass is 320 g/mol. The minimum atomic E-state index is -0.0780. The highest BCUT2D eigenvalue weighted by molar-refractivity contribution is 7.80. The summed E-state index contributed by atoms with van der Waals surface area (Å²) >= 11 is 6.27. The standard InChI is InChI=1S/C15H16N2O2S2/c1-19-12-9-13(21-10-12)15(18)17(8-7-14(16)20)11-5-3-2-4-6-11/h2-6,9-10H,7-8H2,1H3,(H2,16,20). The van der Waals surface area contributed by atoms with E-state index in [1.54, 1.807) is 18.1 Å². The number of methoxy groups -OCH3 is 1. The SMILES string of the molecule is COc1csc(C(=O)N(CCC(N)=S)c2ccccc2)c1. The van der Waals surface area contributed by atoms with E-state index in [0.717, 1.165) is 5.69 Å². The Morgan fingerprint density at radius 3 is 2.67 bits per heavy atom. The van der Waals surface area contributed by atoms with Crippen LogP contribution in [0.4, 0.5) is 5.69 Å². The maximum absolute atomic E-state index is 12.7. The van der Waals surface area contributed by atoms with Gasteiger partial charge in [0.05, 0.1) is 17.0 Å². The van der Waals surface area contributed by atoms with Crippen molar-refractivity contribution in [2.75, 3.05) is 18.6 Å². The van der Waals surface area contributed by atoms with Gasteiger partial charge in [0.2, 0.25) is 0 Å². The van der Waals surface area contributed by atoms with Crippen molar-refractivity contribution in [2.24, 2.45) is 5.73 Å². The molecule has 0 spiro atoms. The summed E-state index contributed by atoms with van der Waals surface area (Å²) in [6, 6.07) is 11.2. The summed E-state index contributed by atoms with van der Waals surface area (Å²) in [5.41, 5.74) is 6.38. The number of anilines is 1. The van der Waals surface area contributed by atoms with E-state index in [0.29, 0.717) is 28.6 Å². The first kappa shape index (κ1) is 15.5. The van der Waals surface area contributed by atoms with Crippen LogP contribution in [0.2, 0.25) is 0 Å². The van der Waals surface area contributed by atoms with Crippen molar-refractivity contribution in [3.63, 3.8) is 0 Å². The Labute approximate surface area is 133 Å². The Kier molecular flexibility index (Phi) is 5.30. The largest absolute Gasteiger partial charge is 0.496 e. The zero-order valence-corrected chi connectivity index (χ0v) is 13.2. The highest BCUT2D eigenvalue weighted by atomic mass is 32.1. The highest BCUT2D eigenvalue weighted by Crippen LogP contribution is 2.25. The molecule has 0 bridgehead atoms. The van der Waals surface area contributed by atoms with Gasteiger partial charge in [0.25, 0.3) is 5.91 Å². The molecule has 0 unspecified atom stereocenters. The van der Waals surface area contributed by atoms with Crippen LogP contribution < -0.4 is 15.4 Å². The molecule has 6 heteroatoms. The number of hydrogen-bond donors (Lipinski definition) is 1. The predicted molar refractivity (Wildman–Crippen MR) is 90.4 cm³/mol. The van der Waals surface area contributed by atoms with Crippen molar-refractivity contribution in [3.8, 4) is 5.75 Å². The van der Waals surface area contributed by atoms with E-state index in [-0.39, 0.29) is 5.91 Å². The Balaban J connectivity index is 2.25. The quantitative estimate of drug-likeness (QED) is 0.831. The zero-order chi connectivity index (χ0) is 15.2. The van der Waals surface area contributed by atoms with Crippen molar-refractivity contribution in [2.45, 2.75) is 6.42 Å². The van der Waals surface area contributed by atoms with E-state index in [2.05, 4.69) is 0 Å². The number of para-hydroxylation sites is 1. The first-order chi connectivity index (χ1) is 10.1. The number of amides is 1. The van der Waals surface area contributed by atoms with Crippen LogP contribution in [0, 0.1) is 0 Å². The van der Waals surface area contributed by atoms with Gasteiger partial charge in [-0.3, -0.25) is 4.79 Å². The number of ether oxygens (including phenoxy) is 1. The van der Waals surface area contributed by atoms with E-state index in [9.17, 15) is 4.79 Å². The third-order valence-corrected chi connectivity index (χ3v) is 4.02. The fourth-order valence-electron chi connectivity index (χ4n) is 1.85. The van der Waals surface area contributed by atoms with Crippen molar-refractivity contribution in [1.29, 1.82) is 0 Å². The second kappa shape index (κ2) is 7.19. The Morgan fingerprint density at radius 2 is 2.10 bits per heavy atom. The van der Waals surface area contributed by atoms with Crippen LogP contribution in [-0.2, 0) is 0 Å². The van der Waals surface area contributed by atoms with Crippen LogP contribution in [-0.4, -0.2) is 24.6 Å². The summed E-state index contributed by atoms with van der Waals surface area (Å²) in [6.45, 7) is 0.457. The molecule has 0 saturated heterocycles. The number of carbonyl (C=O) groups excluding carboxylic acids is 1. The predicted octanol–water partition coefficient (Wildman–Crippen LogP) is 3.08. The fraction of sp³-hybridized carbons (Fsp3) is 0.200. The van der Waals surface area contributed by atoms with Gasteiger partial charge in [-0.05, 0) is 12.1 Å². The number of nitrogens with two attached hydrogens (primary N) is 1. The van der Waals surface area contributed by atoms with Gasteiger partial charge in [-0.1, -0.05) is 30.4 Å². The van der Waals surface area contributed by atoms with E-state index >= 15 is 0 Å². The molecule has 2 rings (SSSR count). The maximum atomic E-state index is 12.7. The lowest BCUT2D eigenvalue weighted by molar-refractivity contribution is 0.0991. The van der Waals surface area contributed by atoms with Crippen LogP contribution >= 0.6 is 23.6 Å². The average molecular weight is 320 g/mol. The molecule has 110 valence electrons. The van der Waals surface area contributed by atoms with E-state index < -0.39 is 0 Å². The molecule has 1 aromatic heterocycles. The molecule has 1 heterocycles. The maximum Gasteiger partial charge on any atom is 0.268 e. The molecule has 0 fully saturated rings. The summed E-state index contributed by atoms with van der Waals surface area (Å²) in [5.74, 6) is 0.608. The van der Waals surface area contributed by atoms with Crippen LogP contribution in [0.1, 0.15) is 16.1 Å². The summed E-state index contributed by atoms with van der Waals surface area (Å²) in [6.07, 6.45) is 0.485. The molecule has 0 aliphatic rings. The second-order valence-corrected chi connectivity index (χ2v) is 5.80. The number of hydrogen-bond acceptors (Lipinski definition) is 4. The topological polar surface area (TPSA) is 55.6 Å². The lowest BCUT2D eigenvalue weighted by Gasteiger charge is -2.22. The molecule has 1 amide bonds. The van der Waals surface area contributed by atoms with Crippen molar-refractivity contribution in [1.82, 2.24) is 0 Å². The van der Waals surface area contributed by atoms with E-state index in [4.69, 9.17) is 22.7 Å². The molecule has 0 atom stereocenters. The number of rotatable bonds is 6. The van der Waals surface area contributed by atoms with Crippen LogP contribution in [0.25, 0.3) is 0 Å². The molecule has 2 N–H and O–H groups in total. The average Bonchev–Trinajstić information content (AvgIpc) is 2.97. The first-order valence-electron chi connectivity index (χ1n) is 6.39. The molecule has 4 nitrogen and oxygen atoms in total. The van der Waals surface area contributed by atoms with Gasteiger partial charge in [0, 0.05) is 30.1 Å². The number of carbonyl (C=O) groups is 1. The van der Waals surface area contributed by atoms with Gasteiger partial charge in [0.1, 0.15) is 5.75 Å². The van der Waals surface area contributed by atoms with Gasteiger partial charge in [-0.25, -0.2) is 0 Å². The fourth-order valence-corrected chi connectivity index (χ4v) is 2.74. The second-order valence-electron chi connectivity index (χ2n) is 4.36. The van der Waals surface area contributed by atoms with Crippen molar-refractivity contribution < 1.29 is 9.53 Å². The van der Waals surface area contributed by atoms with Gasteiger partial charge < -0.3 is 15.4 Å². The van der Waals surface area contributed by atoms with Crippen molar-refractivity contribution >= 4 is 40.1 Å². The zero-order valence-electron chi connectivity index (χ0n) is 11.6. The van der Waals surface area contributed by atoms with E-state index in [1.807, 2.05) is 35.7 Å². The normalized spacial score (nSPS) is 10.1. The molecular weight excluding hydrogens is 304 g/mol. The van der Waals surface area contributed by atoms with Gasteiger partial charge in [-0.15, -0.1) is 11.3 Å². The molecule has 0 saturated carbocycles. The summed E-state index contributed by atoms with van der Waals surface area (Å²) in [5, 5.41) is 1.81. The first-order valence-corrected chi connectivity index (χ1v) is 7.68. The highest BCUT2D eigenvalue weighted by Gasteiger charge is 2.19. The van der Waals surface area contributed by atoms with Crippen LogP contribution in [0.5, 0.6) is 5.75 Å². The molecule has 1 aromatic carbocycles. The summed E-state index contributed by atoms with van der Waals surface area (Å²) in [7, 11) is 1.58. The molecule has 0 aliphatic carbocycles. The van der Waals surface area contributed by atoms with Gasteiger partial charge in [0.15, 0.2) is 0 Å². The number of thiophene rings is 1. The smallest absolute Gasteiger partial charge is 0.268 e. The molecule has 0 aliphatic heterocycles. The third-order valence-electron chi connectivity index (χ3n) is 2.92. The molecule has 0 radical (unpaired) electrons. The van der Waals surface area contributed by atoms with Crippen LogP contribution in [0.15, 0.2) is 41.8 Å². The summed E-state index contributed by atoms with van der Waals surface area (Å²) in [4.78, 5) is 15.4. The van der Waals surface area contributed by atoms with Gasteiger partial charge >= 0.3 is 0 Å². The van der Waals surface area contributed by atoms with Crippen molar-refractivity contribution in [3.05, 3.63) is 46.7 Å². The Hall–Kier alpha value is -1.92. The third kappa shape index (κ3) is 4.03. The lowest BCUT2D eigenvalue weighted by atomic mass is 10.2. The number of benzene rings is 1. The Bertz CT molecular complexity index is 626. The number of nitrogens with zero attached hydrogens (tertiary/aromatic N) is 1. The minimum Gasteiger partial charge on any atom is -0.496 e. The van der Waals surface area contributed by atoms with Gasteiger partial charge in [-0.2, -0.15) is 0 Å². The van der Waals surface area contributed by atoms with E-state index in [1.165, 1.54) is 11.3 Å². The number of thiocarbonyl (C=S) groups is 1. The minimum absolute atomic E-state index is 0.0780. The summed E-state index contributed by atoms with van der Waals surface area (Å²) < 4.78 is 5.13. The Morgan fingerprint density at radius 1 is 1.38 bits per heavy atom. The molecule has 21 heavy (non-hydrogen) atoms.